The molecule has 1 heterocycles. The van der Waals surface area contributed by atoms with E-state index in [1.807, 2.05) is 42.5 Å². The highest BCUT2D eigenvalue weighted by atomic mass is 16.5. The number of ether oxygens (including phenoxy) is 2. The third-order valence-electron chi connectivity index (χ3n) is 4.44. The normalized spacial score (nSPS) is 14.2. The van der Waals surface area contributed by atoms with E-state index < -0.39 is 0 Å². The van der Waals surface area contributed by atoms with Crippen molar-refractivity contribution in [2.45, 2.75) is 51.2 Å². The Labute approximate surface area is 154 Å². The molecule has 1 aliphatic carbocycles. The molecule has 5 nitrogen and oxygen atoms in total. The van der Waals surface area contributed by atoms with Crippen LogP contribution in [0.25, 0.3) is 0 Å². The zero-order valence-corrected chi connectivity index (χ0v) is 15.0. The number of amides is 1. The number of hydrogen-bond acceptors (Lipinski definition) is 4. The average Bonchev–Trinajstić information content (AvgIpc) is 3.18. The van der Waals surface area contributed by atoms with Crippen LogP contribution in [0.4, 0.5) is 0 Å². The largest absolute Gasteiger partial charge is 0.494 e. The van der Waals surface area contributed by atoms with Gasteiger partial charge in [0.2, 0.25) is 11.8 Å². The fourth-order valence-electron chi connectivity index (χ4n) is 3.03. The van der Waals surface area contributed by atoms with Gasteiger partial charge in [-0.25, -0.2) is 4.98 Å². The van der Waals surface area contributed by atoms with Crippen LogP contribution in [-0.4, -0.2) is 23.6 Å². The summed E-state index contributed by atoms with van der Waals surface area (Å²) >= 11 is 0. The summed E-state index contributed by atoms with van der Waals surface area (Å²) in [6, 6.07) is 13.5. The van der Waals surface area contributed by atoms with Crippen LogP contribution in [0.5, 0.6) is 11.6 Å². The molecule has 1 saturated carbocycles. The predicted molar refractivity (Wildman–Crippen MR) is 100 cm³/mol. The van der Waals surface area contributed by atoms with E-state index in [0.717, 1.165) is 24.2 Å². The first kappa shape index (κ1) is 18.2. The highest BCUT2D eigenvalue weighted by molar-refractivity contribution is 5.75. The van der Waals surface area contributed by atoms with E-state index in [1.54, 1.807) is 6.20 Å². The van der Waals surface area contributed by atoms with E-state index in [9.17, 15) is 4.79 Å². The van der Waals surface area contributed by atoms with Crippen LogP contribution in [0, 0.1) is 0 Å². The van der Waals surface area contributed by atoms with Crippen molar-refractivity contribution in [3.05, 3.63) is 54.2 Å². The monoisotopic (exact) mass is 354 g/mol. The second-order valence-corrected chi connectivity index (χ2v) is 6.57. The van der Waals surface area contributed by atoms with Crippen LogP contribution in [0.15, 0.2) is 48.7 Å². The van der Waals surface area contributed by atoms with Gasteiger partial charge in [-0.3, -0.25) is 4.79 Å². The average molecular weight is 354 g/mol. The maximum absolute atomic E-state index is 12.0. The number of aromatic nitrogens is 1. The van der Waals surface area contributed by atoms with Gasteiger partial charge in [0.05, 0.1) is 6.61 Å². The van der Waals surface area contributed by atoms with Crippen molar-refractivity contribution in [1.82, 2.24) is 10.3 Å². The molecule has 1 amide bonds. The van der Waals surface area contributed by atoms with Crippen molar-refractivity contribution in [3.63, 3.8) is 0 Å². The van der Waals surface area contributed by atoms with Crippen LogP contribution in [0.1, 0.15) is 44.1 Å². The molecule has 0 atom stereocenters. The number of carbonyl (C=O) groups is 1. The third kappa shape index (κ3) is 6.06. The Kier molecular flexibility index (Phi) is 6.88. The molecular formula is C21H26N2O3. The van der Waals surface area contributed by atoms with Crippen molar-refractivity contribution in [1.29, 1.82) is 0 Å². The first-order chi connectivity index (χ1) is 12.8. The van der Waals surface area contributed by atoms with Gasteiger partial charge < -0.3 is 14.8 Å². The van der Waals surface area contributed by atoms with Gasteiger partial charge in [0.1, 0.15) is 11.9 Å². The molecule has 1 aromatic heterocycles. The summed E-state index contributed by atoms with van der Waals surface area (Å²) < 4.78 is 11.5. The van der Waals surface area contributed by atoms with Crippen LogP contribution >= 0.6 is 0 Å². The molecule has 1 aliphatic rings. The van der Waals surface area contributed by atoms with Crippen LogP contribution in [0.3, 0.4) is 0 Å². The molecule has 0 bridgehead atoms. The van der Waals surface area contributed by atoms with Crippen LogP contribution in [-0.2, 0) is 11.3 Å². The minimum Gasteiger partial charge on any atom is -0.494 e. The molecule has 1 aromatic carbocycles. The van der Waals surface area contributed by atoms with E-state index in [0.29, 0.717) is 31.9 Å². The molecule has 0 spiro atoms. The Balaban J connectivity index is 1.34. The standard InChI is InChI=1S/C21H26N2O3/c24-20(11-6-14-25-18-7-2-1-3-8-18)23-16-17-12-13-22-21(15-17)26-19-9-4-5-10-19/h1-3,7-8,12-13,15,19H,4-6,9-11,14,16H2,(H,23,24). The Hall–Kier alpha value is -2.56. The maximum Gasteiger partial charge on any atom is 0.220 e. The van der Waals surface area contributed by atoms with Gasteiger partial charge >= 0.3 is 0 Å². The van der Waals surface area contributed by atoms with E-state index in [4.69, 9.17) is 9.47 Å². The van der Waals surface area contributed by atoms with Gasteiger partial charge in [0.15, 0.2) is 0 Å². The zero-order chi connectivity index (χ0) is 18.0. The summed E-state index contributed by atoms with van der Waals surface area (Å²) in [4.78, 5) is 16.2. The highest BCUT2D eigenvalue weighted by Crippen LogP contribution is 2.23. The molecular weight excluding hydrogens is 328 g/mol. The first-order valence-electron chi connectivity index (χ1n) is 9.36. The Morgan fingerprint density at radius 1 is 1.15 bits per heavy atom. The third-order valence-corrected chi connectivity index (χ3v) is 4.44. The van der Waals surface area contributed by atoms with Crippen molar-refractivity contribution in [3.8, 4) is 11.6 Å². The first-order valence-corrected chi connectivity index (χ1v) is 9.36. The second kappa shape index (κ2) is 9.80. The molecule has 26 heavy (non-hydrogen) atoms. The summed E-state index contributed by atoms with van der Waals surface area (Å²) in [7, 11) is 0. The summed E-state index contributed by atoms with van der Waals surface area (Å²) in [6.07, 6.45) is 7.83. The Morgan fingerprint density at radius 2 is 1.96 bits per heavy atom. The van der Waals surface area contributed by atoms with Crippen LogP contribution < -0.4 is 14.8 Å². The number of hydrogen-bond donors (Lipinski definition) is 1. The summed E-state index contributed by atoms with van der Waals surface area (Å²) in [5.41, 5.74) is 1.00. The number of nitrogens with zero attached hydrogens (tertiary/aromatic N) is 1. The number of carbonyl (C=O) groups excluding carboxylic acids is 1. The molecule has 3 rings (SSSR count). The molecule has 2 aromatic rings. The lowest BCUT2D eigenvalue weighted by atomic mass is 10.2. The Bertz CT molecular complexity index is 685. The fourth-order valence-corrected chi connectivity index (χ4v) is 3.03. The lowest BCUT2D eigenvalue weighted by molar-refractivity contribution is -0.121. The van der Waals surface area contributed by atoms with Crippen molar-refractivity contribution >= 4 is 5.91 Å². The van der Waals surface area contributed by atoms with Crippen molar-refractivity contribution < 1.29 is 14.3 Å². The molecule has 0 aliphatic heterocycles. The van der Waals surface area contributed by atoms with Gasteiger partial charge in [-0.2, -0.15) is 0 Å². The molecule has 0 saturated heterocycles. The highest BCUT2D eigenvalue weighted by Gasteiger charge is 2.17. The zero-order valence-electron chi connectivity index (χ0n) is 15.0. The fraction of sp³-hybridized carbons (Fsp3) is 0.429. The smallest absolute Gasteiger partial charge is 0.220 e. The van der Waals surface area contributed by atoms with E-state index in [-0.39, 0.29) is 12.0 Å². The lowest BCUT2D eigenvalue weighted by Crippen LogP contribution is -2.23. The summed E-state index contributed by atoms with van der Waals surface area (Å²) in [5.74, 6) is 1.51. The molecule has 0 unspecified atom stereocenters. The molecule has 1 fully saturated rings. The molecule has 5 heteroatoms. The molecule has 1 N–H and O–H groups in total. The summed E-state index contributed by atoms with van der Waals surface area (Å²) in [5, 5.41) is 2.94. The number of nitrogens with one attached hydrogen (secondary N) is 1. The van der Waals surface area contributed by atoms with Crippen molar-refractivity contribution in [2.75, 3.05) is 6.61 Å². The van der Waals surface area contributed by atoms with Gasteiger partial charge in [0.25, 0.3) is 0 Å². The predicted octanol–water partition coefficient (Wildman–Crippen LogP) is 3.88. The van der Waals surface area contributed by atoms with E-state index in [1.165, 1.54) is 12.8 Å². The van der Waals surface area contributed by atoms with Gasteiger partial charge in [-0.05, 0) is 55.9 Å². The molecule has 0 radical (unpaired) electrons. The quantitative estimate of drug-likeness (QED) is 0.694. The maximum atomic E-state index is 12.0. The SMILES string of the molecule is O=C(CCCOc1ccccc1)NCc1ccnc(OC2CCCC2)c1. The van der Waals surface area contributed by atoms with Crippen molar-refractivity contribution in [2.24, 2.45) is 0 Å². The minimum atomic E-state index is 0.0248. The number of pyridine rings is 1. The molecule has 138 valence electrons. The number of benzene rings is 1. The topological polar surface area (TPSA) is 60.5 Å². The second-order valence-electron chi connectivity index (χ2n) is 6.57. The van der Waals surface area contributed by atoms with Gasteiger partial charge in [0, 0.05) is 25.2 Å². The van der Waals surface area contributed by atoms with E-state index in [2.05, 4.69) is 10.3 Å². The summed E-state index contributed by atoms with van der Waals surface area (Å²) in [6.45, 7) is 1.02. The van der Waals surface area contributed by atoms with Crippen LogP contribution in [0.2, 0.25) is 0 Å². The van der Waals surface area contributed by atoms with Gasteiger partial charge in [-0.15, -0.1) is 0 Å². The van der Waals surface area contributed by atoms with Gasteiger partial charge in [-0.1, -0.05) is 18.2 Å². The Morgan fingerprint density at radius 3 is 2.77 bits per heavy atom. The number of rotatable bonds is 9. The lowest BCUT2D eigenvalue weighted by Gasteiger charge is -2.13. The number of para-hydroxylation sites is 1. The minimum absolute atomic E-state index is 0.0248. The van der Waals surface area contributed by atoms with E-state index >= 15 is 0 Å².